The van der Waals surface area contributed by atoms with Crippen LogP contribution in [-0.2, 0) is 32.9 Å². The van der Waals surface area contributed by atoms with Gasteiger partial charge in [-0.2, -0.15) is 0 Å². The molecule has 2 aromatic rings. The Kier molecular flexibility index (Phi) is 3.52. The Hall–Kier alpha value is -2.13. The van der Waals surface area contributed by atoms with Gasteiger partial charge in [0.05, 0.1) is 13.7 Å². The van der Waals surface area contributed by atoms with E-state index in [-0.39, 0.29) is 5.97 Å². The van der Waals surface area contributed by atoms with Crippen molar-refractivity contribution in [2.24, 2.45) is 0 Å². The van der Waals surface area contributed by atoms with Crippen molar-refractivity contribution in [3.05, 3.63) is 70.8 Å². The summed E-state index contributed by atoms with van der Waals surface area (Å²) in [7, 11) is 1.40. The zero-order chi connectivity index (χ0) is 14.9. The van der Waals surface area contributed by atoms with Crippen LogP contribution in [0.4, 0.5) is 0 Å². The molecule has 0 spiro atoms. The molecule has 0 aliphatic carbocycles. The van der Waals surface area contributed by atoms with Gasteiger partial charge < -0.3 is 9.47 Å². The van der Waals surface area contributed by atoms with Gasteiger partial charge in [0.25, 0.3) is 0 Å². The highest BCUT2D eigenvalue weighted by atomic mass is 16.6. The van der Waals surface area contributed by atoms with Crippen molar-refractivity contribution >= 4 is 5.97 Å². The molecule has 0 saturated heterocycles. The topological polar surface area (TPSA) is 35.5 Å². The average molecular weight is 282 g/mol. The van der Waals surface area contributed by atoms with Gasteiger partial charge in [-0.05, 0) is 29.2 Å². The van der Waals surface area contributed by atoms with E-state index in [1.165, 1.54) is 18.2 Å². The maximum atomic E-state index is 12.4. The summed E-state index contributed by atoms with van der Waals surface area (Å²) < 4.78 is 11.1. The number of hydrogen-bond donors (Lipinski definition) is 0. The first-order valence-electron chi connectivity index (χ1n) is 7.02. The molecule has 0 bridgehead atoms. The molecule has 0 aromatic heterocycles. The zero-order valence-electron chi connectivity index (χ0n) is 12.3. The molecule has 0 fully saturated rings. The van der Waals surface area contributed by atoms with Crippen molar-refractivity contribution in [2.75, 3.05) is 7.11 Å². The van der Waals surface area contributed by atoms with Crippen molar-refractivity contribution in [3.63, 3.8) is 0 Å². The SMILES string of the molecule is COC(=O)C1(c2ccccc2)Cc2cccc(C)c2CO1. The first-order valence-corrected chi connectivity index (χ1v) is 7.02. The number of rotatable bonds is 2. The minimum Gasteiger partial charge on any atom is -0.467 e. The highest BCUT2D eigenvalue weighted by Gasteiger charge is 2.45. The van der Waals surface area contributed by atoms with Crippen LogP contribution in [-0.4, -0.2) is 13.1 Å². The summed E-state index contributed by atoms with van der Waals surface area (Å²) >= 11 is 0. The monoisotopic (exact) mass is 282 g/mol. The van der Waals surface area contributed by atoms with Gasteiger partial charge in [-0.25, -0.2) is 4.79 Å². The highest BCUT2D eigenvalue weighted by Crippen LogP contribution is 2.38. The van der Waals surface area contributed by atoms with Crippen LogP contribution in [0.3, 0.4) is 0 Å². The molecule has 1 heterocycles. The Balaban J connectivity index is 2.10. The third kappa shape index (κ3) is 2.24. The lowest BCUT2D eigenvalue weighted by molar-refractivity contribution is -0.176. The molecule has 108 valence electrons. The van der Waals surface area contributed by atoms with Gasteiger partial charge in [-0.1, -0.05) is 48.5 Å². The fraction of sp³-hybridized carbons (Fsp3) is 0.278. The van der Waals surface area contributed by atoms with Gasteiger partial charge in [0, 0.05) is 6.42 Å². The van der Waals surface area contributed by atoms with Gasteiger partial charge in [0.15, 0.2) is 5.60 Å². The molecular weight excluding hydrogens is 264 g/mol. The number of carbonyl (C=O) groups is 1. The van der Waals surface area contributed by atoms with Crippen molar-refractivity contribution < 1.29 is 14.3 Å². The Labute approximate surface area is 124 Å². The van der Waals surface area contributed by atoms with Crippen molar-refractivity contribution in [1.29, 1.82) is 0 Å². The molecule has 0 saturated carbocycles. The number of ether oxygens (including phenoxy) is 2. The normalized spacial score (nSPS) is 20.7. The number of hydrogen-bond acceptors (Lipinski definition) is 3. The number of benzene rings is 2. The second kappa shape index (κ2) is 5.34. The Morgan fingerprint density at radius 1 is 1.14 bits per heavy atom. The van der Waals surface area contributed by atoms with Gasteiger partial charge in [-0.3, -0.25) is 0 Å². The second-order valence-corrected chi connectivity index (χ2v) is 5.36. The average Bonchev–Trinajstić information content (AvgIpc) is 2.54. The van der Waals surface area contributed by atoms with E-state index >= 15 is 0 Å². The molecule has 0 amide bonds. The van der Waals surface area contributed by atoms with Crippen LogP contribution in [0.1, 0.15) is 22.3 Å². The van der Waals surface area contributed by atoms with Crippen LogP contribution >= 0.6 is 0 Å². The minimum atomic E-state index is -1.04. The summed E-state index contributed by atoms with van der Waals surface area (Å²) in [5.41, 5.74) is 3.31. The Morgan fingerprint density at radius 3 is 2.62 bits per heavy atom. The predicted octanol–water partition coefficient (Wildman–Crippen LogP) is 3.14. The lowest BCUT2D eigenvalue weighted by Crippen LogP contribution is -2.44. The van der Waals surface area contributed by atoms with Gasteiger partial charge in [-0.15, -0.1) is 0 Å². The van der Waals surface area contributed by atoms with E-state index < -0.39 is 5.60 Å². The lowest BCUT2D eigenvalue weighted by Gasteiger charge is -2.36. The smallest absolute Gasteiger partial charge is 0.343 e. The summed E-state index contributed by atoms with van der Waals surface area (Å²) in [6.07, 6.45) is 0.501. The summed E-state index contributed by atoms with van der Waals surface area (Å²) in [5, 5.41) is 0. The van der Waals surface area contributed by atoms with Crippen LogP contribution < -0.4 is 0 Å². The van der Waals surface area contributed by atoms with Gasteiger partial charge in [0.1, 0.15) is 0 Å². The molecule has 1 atom stereocenters. The van der Waals surface area contributed by atoms with Crippen molar-refractivity contribution in [3.8, 4) is 0 Å². The second-order valence-electron chi connectivity index (χ2n) is 5.36. The zero-order valence-corrected chi connectivity index (χ0v) is 12.3. The molecule has 3 heteroatoms. The van der Waals surface area contributed by atoms with Crippen LogP contribution in [0.2, 0.25) is 0 Å². The summed E-state index contributed by atoms with van der Waals surface area (Å²) in [5.74, 6) is -0.346. The summed E-state index contributed by atoms with van der Waals surface area (Å²) in [4.78, 5) is 12.4. The van der Waals surface area contributed by atoms with E-state index in [2.05, 4.69) is 19.1 Å². The van der Waals surface area contributed by atoms with E-state index in [1.54, 1.807) is 0 Å². The highest BCUT2D eigenvalue weighted by molar-refractivity contribution is 5.82. The molecule has 1 aliphatic heterocycles. The lowest BCUT2D eigenvalue weighted by atomic mass is 9.82. The van der Waals surface area contributed by atoms with Crippen LogP contribution in [0, 0.1) is 6.92 Å². The van der Waals surface area contributed by atoms with E-state index in [0.717, 1.165) is 11.1 Å². The van der Waals surface area contributed by atoms with Crippen molar-refractivity contribution in [1.82, 2.24) is 0 Å². The first-order chi connectivity index (χ1) is 10.2. The molecule has 2 aromatic carbocycles. The Morgan fingerprint density at radius 2 is 1.90 bits per heavy atom. The fourth-order valence-electron chi connectivity index (χ4n) is 2.96. The molecule has 1 aliphatic rings. The summed E-state index contributed by atoms with van der Waals surface area (Å²) in [6.45, 7) is 2.49. The molecule has 1 unspecified atom stereocenters. The van der Waals surface area contributed by atoms with Gasteiger partial charge >= 0.3 is 5.97 Å². The minimum absolute atomic E-state index is 0.346. The van der Waals surface area contributed by atoms with E-state index in [1.807, 2.05) is 36.4 Å². The fourth-order valence-corrected chi connectivity index (χ4v) is 2.96. The number of esters is 1. The van der Waals surface area contributed by atoms with Crippen LogP contribution in [0.15, 0.2) is 48.5 Å². The molecule has 0 N–H and O–H groups in total. The third-order valence-electron chi connectivity index (χ3n) is 4.16. The van der Waals surface area contributed by atoms with E-state index in [4.69, 9.17) is 9.47 Å². The number of fused-ring (bicyclic) bond motifs is 1. The Bertz CT molecular complexity index is 663. The number of carbonyl (C=O) groups excluding carboxylic acids is 1. The van der Waals surface area contributed by atoms with E-state index in [0.29, 0.717) is 13.0 Å². The summed E-state index contributed by atoms with van der Waals surface area (Å²) in [6, 6.07) is 15.7. The number of methoxy groups -OCH3 is 1. The first kappa shape index (κ1) is 13.8. The van der Waals surface area contributed by atoms with Gasteiger partial charge in [0.2, 0.25) is 0 Å². The quantitative estimate of drug-likeness (QED) is 0.794. The molecule has 21 heavy (non-hydrogen) atoms. The molecule has 0 radical (unpaired) electrons. The molecular formula is C18H18O3. The third-order valence-corrected chi connectivity index (χ3v) is 4.16. The maximum Gasteiger partial charge on any atom is 0.343 e. The van der Waals surface area contributed by atoms with Crippen LogP contribution in [0.25, 0.3) is 0 Å². The predicted molar refractivity (Wildman–Crippen MR) is 79.8 cm³/mol. The largest absolute Gasteiger partial charge is 0.467 e. The molecule has 3 rings (SSSR count). The number of aryl methyl sites for hydroxylation is 1. The van der Waals surface area contributed by atoms with Crippen molar-refractivity contribution in [2.45, 2.75) is 25.6 Å². The van der Waals surface area contributed by atoms with Crippen LogP contribution in [0.5, 0.6) is 0 Å². The standard InChI is InChI=1S/C18H18O3/c1-13-7-6-8-14-11-18(17(19)20-2,21-12-16(13)14)15-9-4-3-5-10-15/h3-10H,11-12H2,1-2H3. The van der Waals surface area contributed by atoms with E-state index in [9.17, 15) is 4.79 Å². The maximum absolute atomic E-state index is 12.4. The molecule has 3 nitrogen and oxygen atoms in total.